The molecule has 0 aromatic rings. The predicted octanol–water partition coefficient (Wildman–Crippen LogP) is 4.29. The van der Waals surface area contributed by atoms with Crippen molar-refractivity contribution in [3.05, 3.63) is 0 Å². The molecular formula is C19H38O3Si. The van der Waals surface area contributed by atoms with E-state index in [0.29, 0.717) is 0 Å². The average Bonchev–Trinajstić information content (AvgIpc) is 2.61. The van der Waals surface area contributed by atoms with E-state index in [1.165, 1.54) is 64.2 Å². The smallest absolute Gasteiger partial charge is 0.248 e. The highest BCUT2D eigenvalue weighted by Gasteiger charge is 2.37. The van der Waals surface area contributed by atoms with Crippen molar-refractivity contribution in [2.45, 2.75) is 82.3 Å². The Labute approximate surface area is 145 Å². The number of hydrogen-bond acceptors (Lipinski definition) is 3. The summed E-state index contributed by atoms with van der Waals surface area (Å²) in [4.78, 5) is 0. The molecule has 0 atom stereocenters. The zero-order chi connectivity index (χ0) is 16.7. The zero-order valence-corrected chi connectivity index (χ0v) is 17.2. The van der Waals surface area contributed by atoms with Crippen LogP contribution in [0.25, 0.3) is 0 Å². The van der Waals surface area contributed by atoms with Gasteiger partial charge in [0.15, 0.2) is 0 Å². The molecule has 0 radical (unpaired) electrons. The molecular weight excluding hydrogens is 304 g/mol. The number of hydrogen-bond donors (Lipinski definition) is 0. The lowest BCUT2D eigenvalue weighted by atomic mass is 9.70. The second-order valence-electron chi connectivity index (χ2n) is 7.85. The Hall–Kier alpha value is 0.0969. The van der Waals surface area contributed by atoms with Crippen molar-refractivity contribution in [3.63, 3.8) is 0 Å². The highest BCUT2D eigenvalue weighted by atomic mass is 28.2. The van der Waals surface area contributed by atoms with Crippen molar-refractivity contribution in [3.8, 4) is 0 Å². The van der Waals surface area contributed by atoms with Crippen LogP contribution in [0.4, 0.5) is 0 Å². The van der Waals surface area contributed by atoms with Crippen LogP contribution >= 0.6 is 0 Å². The van der Waals surface area contributed by atoms with Crippen LogP contribution < -0.4 is 0 Å². The largest absolute Gasteiger partial charge is 0.335 e. The fraction of sp³-hybridized carbons (Fsp3) is 1.00. The summed E-state index contributed by atoms with van der Waals surface area (Å²) in [6.07, 6.45) is 14.4. The minimum absolute atomic E-state index is 0.561. The Morgan fingerprint density at radius 3 is 1.70 bits per heavy atom. The highest BCUT2D eigenvalue weighted by molar-refractivity contribution is 6.40. The molecule has 23 heavy (non-hydrogen) atoms. The van der Waals surface area contributed by atoms with Gasteiger partial charge in [0.25, 0.3) is 0 Å². The molecule has 0 unspecified atom stereocenters. The summed E-state index contributed by atoms with van der Waals surface area (Å²) in [5.41, 5.74) is 0.109. The van der Waals surface area contributed by atoms with Gasteiger partial charge in [0.2, 0.25) is 5.60 Å². The molecule has 0 bridgehead atoms. The van der Waals surface area contributed by atoms with E-state index in [1.54, 1.807) is 21.3 Å². The molecule has 0 amide bonds. The van der Waals surface area contributed by atoms with E-state index < -0.39 is 15.1 Å². The van der Waals surface area contributed by atoms with Gasteiger partial charge < -0.3 is 14.2 Å². The van der Waals surface area contributed by atoms with Gasteiger partial charge in [-0.2, -0.15) is 0 Å². The summed E-state index contributed by atoms with van der Waals surface area (Å²) >= 11 is 0. The second kappa shape index (κ2) is 9.55. The number of rotatable bonds is 8. The van der Waals surface area contributed by atoms with Gasteiger partial charge in [-0.25, -0.2) is 0 Å². The molecule has 2 rings (SSSR count). The fourth-order valence-electron chi connectivity index (χ4n) is 5.07. The molecule has 136 valence electrons. The van der Waals surface area contributed by atoms with Crippen molar-refractivity contribution >= 4 is 9.52 Å². The summed E-state index contributed by atoms with van der Waals surface area (Å²) in [5.74, 6) is 3.04. The Bertz CT molecular complexity index is 308. The van der Waals surface area contributed by atoms with E-state index in [9.17, 15) is 0 Å². The maximum Gasteiger partial charge on any atom is 0.248 e. The molecule has 2 aliphatic carbocycles. The van der Waals surface area contributed by atoms with Gasteiger partial charge in [-0.1, -0.05) is 58.3 Å². The lowest BCUT2D eigenvalue weighted by molar-refractivity contribution is -0.295. The van der Waals surface area contributed by atoms with E-state index in [-0.39, 0.29) is 0 Å². The van der Waals surface area contributed by atoms with Crippen LogP contribution in [0.15, 0.2) is 0 Å². The molecule has 0 saturated heterocycles. The van der Waals surface area contributed by atoms with Crippen LogP contribution in [-0.4, -0.2) is 36.4 Å². The van der Waals surface area contributed by atoms with Gasteiger partial charge in [-0.15, -0.1) is 0 Å². The van der Waals surface area contributed by atoms with Crippen molar-refractivity contribution in [1.29, 1.82) is 0 Å². The maximum absolute atomic E-state index is 5.53. The molecule has 2 fully saturated rings. The molecule has 0 aromatic carbocycles. The predicted molar refractivity (Wildman–Crippen MR) is 98.4 cm³/mol. The van der Waals surface area contributed by atoms with Crippen molar-refractivity contribution in [2.75, 3.05) is 21.3 Å². The Morgan fingerprint density at radius 2 is 1.26 bits per heavy atom. The van der Waals surface area contributed by atoms with Gasteiger partial charge in [-0.3, -0.25) is 0 Å². The Morgan fingerprint density at radius 1 is 0.783 bits per heavy atom. The van der Waals surface area contributed by atoms with Gasteiger partial charge >= 0.3 is 0 Å². The minimum atomic E-state index is -0.699. The molecule has 2 saturated carbocycles. The Balaban J connectivity index is 1.74. The Kier molecular flexibility index (Phi) is 8.06. The van der Waals surface area contributed by atoms with E-state index in [1.807, 2.05) is 0 Å². The summed E-state index contributed by atoms with van der Waals surface area (Å²) in [6, 6.07) is 0. The first kappa shape index (κ1) is 19.4. The molecule has 0 heterocycles. The molecule has 4 heteroatoms. The normalized spacial score (nSPS) is 33.4. The molecule has 0 aromatic heterocycles. The van der Waals surface area contributed by atoms with E-state index >= 15 is 0 Å². The number of ether oxygens (including phenoxy) is 3. The summed E-state index contributed by atoms with van der Waals surface area (Å²) in [5, 5.41) is 0. The second-order valence-corrected chi connectivity index (χ2v) is 10.3. The van der Waals surface area contributed by atoms with Crippen molar-refractivity contribution < 1.29 is 14.2 Å². The molecule has 0 aliphatic heterocycles. The lowest BCUT2D eigenvalue weighted by Gasteiger charge is -2.39. The fourth-order valence-corrected chi connectivity index (χ4v) is 7.16. The third-order valence-corrected chi connectivity index (χ3v) is 9.38. The quantitative estimate of drug-likeness (QED) is 0.486. The van der Waals surface area contributed by atoms with Crippen molar-refractivity contribution in [2.24, 2.45) is 17.8 Å². The summed E-state index contributed by atoms with van der Waals surface area (Å²) < 4.78 is 16.6. The van der Waals surface area contributed by atoms with Gasteiger partial charge in [0.1, 0.15) is 9.52 Å². The van der Waals surface area contributed by atoms with Crippen LogP contribution in [0.1, 0.15) is 71.1 Å². The summed E-state index contributed by atoms with van der Waals surface area (Å²) in [6.45, 7) is 2.33. The van der Waals surface area contributed by atoms with Crippen LogP contribution in [-0.2, 0) is 14.2 Å². The van der Waals surface area contributed by atoms with Gasteiger partial charge in [0.05, 0.1) is 0 Å². The van der Waals surface area contributed by atoms with Gasteiger partial charge in [-0.05, 0) is 36.1 Å². The first-order valence-electron chi connectivity index (χ1n) is 9.81. The topological polar surface area (TPSA) is 27.7 Å². The zero-order valence-electron chi connectivity index (χ0n) is 15.8. The average molecular weight is 343 g/mol. The highest BCUT2D eigenvalue weighted by Crippen LogP contribution is 2.44. The SMILES string of the molecule is CCC[C@H]1CC[C@H]([C@H]2CC[C@H]([SiH2]C(OC)(OC)OC)CC2)CC1. The van der Waals surface area contributed by atoms with E-state index in [4.69, 9.17) is 14.2 Å². The van der Waals surface area contributed by atoms with Gasteiger partial charge in [0, 0.05) is 21.3 Å². The van der Waals surface area contributed by atoms with Crippen LogP contribution in [0, 0.1) is 17.8 Å². The van der Waals surface area contributed by atoms with Crippen LogP contribution in [0.5, 0.6) is 0 Å². The van der Waals surface area contributed by atoms with Crippen molar-refractivity contribution in [1.82, 2.24) is 0 Å². The maximum atomic E-state index is 5.53. The first-order valence-corrected chi connectivity index (χ1v) is 11.3. The standard InChI is InChI=1S/C19H38O3Si/c1-5-6-15-7-9-16(10-8-15)17-11-13-18(14-12-17)23-19(20-2,21-3)22-4/h15-18H,5-14,23H2,1-4H3/t15-,16-,17-,18-. The molecule has 3 nitrogen and oxygen atoms in total. The lowest BCUT2D eigenvalue weighted by Crippen LogP contribution is -2.45. The summed E-state index contributed by atoms with van der Waals surface area (Å²) in [7, 11) is 4.57. The van der Waals surface area contributed by atoms with E-state index in [0.717, 1.165) is 23.3 Å². The first-order chi connectivity index (χ1) is 11.2. The number of methoxy groups -OCH3 is 3. The molecule has 0 spiro atoms. The minimum Gasteiger partial charge on any atom is -0.335 e. The third kappa shape index (κ3) is 5.28. The molecule has 0 N–H and O–H groups in total. The monoisotopic (exact) mass is 342 g/mol. The van der Waals surface area contributed by atoms with E-state index in [2.05, 4.69) is 6.92 Å². The van der Waals surface area contributed by atoms with Crippen LogP contribution in [0.2, 0.25) is 5.54 Å². The third-order valence-electron chi connectivity index (χ3n) is 6.62. The van der Waals surface area contributed by atoms with Crippen LogP contribution in [0.3, 0.4) is 0 Å². The molecule has 2 aliphatic rings.